The van der Waals surface area contributed by atoms with Crippen molar-refractivity contribution in [3.8, 4) is 0 Å². The third-order valence-electron chi connectivity index (χ3n) is 3.16. The van der Waals surface area contributed by atoms with E-state index in [1.165, 1.54) is 30.5 Å². The van der Waals surface area contributed by atoms with Gasteiger partial charge in [-0.1, -0.05) is 28.1 Å². The molecule has 1 aliphatic heterocycles. The highest BCUT2D eigenvalue weighted by Gasteiger charge is 2.10. The number of hydrogen-bond acceptors (Lipinski definition) is 2. The van der Waals surface area contributed by atoms with Crippen LogP contribution in [-0.4, -0.2) is 31.6 Å². The number of anilines is 1. The van der Waals surface area contributed by atoms with Crippen LogP contribution in [0.15, 0.2) is 24.3 Å². The minimum atomic E-state index is 0.854. The smallest absolute Gasteiger partial charge is 0.0642 e. The topological polar surface area (TPSA) is 12.5 Å². The Morgan fingerprint density at radius 3 is 2.41 bits per heavy atom. The minimum Gasteiger partial charge on any atom is -0.378 e. The zero-order valence-electron chi connectivity index (χ0n) is 10.2. The summed E-state index contributed by atoms with van der Waals surface area (Å²) in [6, 6.07) is 9.02. The molecule has 1 heterocycles. The Labute approximate surface area is 112 Å². The van der Waals surface area contributed by atoms with Crippen LogP contribution in [0.5, 0.6) is 0 Å². The quantitative estimate of drug-likeness (QED) is 0.611. The molecule has 0 aliphatic carbocycles. The van der Waals surface area contributed by atoms with Crippen LogP contribution in [0.1, 0.15) is 18.4 Å². The minimum absolute atomic E-state index is 0.854. The third kappa shape index (κ3) is 4.00. The maximum absolute atomic E-state index is 5.36. The van der Waals surface area contributed by atoms with Crippen LogP contribution in [0.2, 0.25) is 0 Å². The van der Waals surface area contributed by atoms with E-state index in [-0.39, 0.29) is 0 Å². The van der Waals surface area contributed by atoms with Gasteiger partial charge in [-0.05, 0) is 37.0 Å². The summed E-state index contributed by atoms with van der Waals surface area (Å²) in [4.78, 5) is 2.39. The molecule has 0 saturated carbocycles. The summed E-state index contributed by atoms with van der Waals surface area (Å²) < 4.78 is 5.36. The van der Waals surface area contributed by atoms with Crippen LogP contribution < -0.4 is 4.90 Å². The van der Waals surface area contributed by atoms with Crippen molar-refractivity contribution in [2.45, 2.75) is 19.3 Å². The number of unbranched alkanes of at least 4 members (excludes halogenated alkanes) is 1. The summed E-state index contributed by atoms with van der Waals surface area (Å²) in [5.41, 5.74) is 2.78. The van der Waals surface area contributed by atoms with Crippen LogP contribution in [0, 0.1) is 0 Å². The Morgan fingerprint density at radius 2 is 1.76 bits per heavy atom. The van der Waals surface area contributed by atoms with Crippen molar-refractivity contribution in [2.75, 3.05) is 36.5 Å². The van der Waals surface area contributed by atoms with Crippen LogP contribution in [0.25, 0.3) is 0 Å². The first kappa shape index (κ1) is 12.9. The highest BCUT2D eigenvalue weighted by Crippen LogP contribution is 2.17. The first-order valence-corrected chi connectivity index (χ1v) is 7.50. The van der Waals surface area contributed by atoms with E-state index in [2.05, 4.69) is 45.1 Å². The van der Waals surface area contributed by atoms with Gasteiger partial charge in [-0.15, -0.1) is 0 Å². The summed E-state index contributed by atoms with van der Waals surface area (Å²) in [6.07, 6.45) is 3.71. The van der Waals surface area contributed by atoms with Crippen molar-refractivity contribution >= 4 is 21.6 Å². The van der Waals surface area contributed by atoms with E-state index in [1.807, 2.05) is 0 Å². The molecule has 1 saturated heterocycles. The lowest BCUT2D eigenvalue weighted by atomic mass is 10.1. The van der Waals surface area contributed by atoms with Gasteiger partial charge in [0.25, 0.3) is 0 Å². The maximum atomic E-state index is 5.36. The molecule has 0 unspecified atom stereocenters. The molecular weight excluding hydrogens is 278 g/mol. The van der Waals surface area contributed by atoms with E-state index in [4.69, 9.17) is 4.74 Å². The van der Waals surface area contributed by atoms with Gasteiger partial charge in [-0.2, -0.15) is 0 Å². The van der Waals surface area contributed by atoms with Crippen molar-refractivity contribution in [2.24, 2.45) is 0 Å². The molecule has 2 nitrogen and oxygen atoms in total. The van der Waals surface area contributed by atoms with Crippen molar-refractivity contribution in [3.05, 3.63) is 29.8 Å². The summed E-state index contributed by atoms with van der Waals surface area (Å²) in [5.74, 6) is 0. The molecule has 0 N–H and O–H groups in total. The summed E-state index contributed by atoms with van der Waals surface area (Å²) in [7, 11) is 0. The number of rotatable bonds is 5. The van der Waals surface area contributed by atoms with Gasteiger partial charge in [0.15, 0.2) is 0 Å². The molecule has 0 aromatic heterocycles. The number of hydrogen-bond donors (Lipinski definition) is 0. The van der Waals surface area contributed by atoms with Crippen LogP contribution in [-0.2, 0) is 11.2 Å². The standard InChI is InChI=1S/C14H20BrNO/c15-8-2-1-3-13-4-6-14(7-5-13)16-9-11-17-12-10-16/h4-7H,1-3,8-12H2. The number of morpholine rings is 1. The first-order chi connectivity index (χ1) is 8.40. The second-order valence-corrected chi connectivity index (χ2v) is 5.20. The van der Waals surface area contributed by atoms with Gasteiger partial charge in [0, 0.05) is 24.1 Å². The van der Waals surface area contributed by atoms with E-state index < -0.39 is 0 Å². The SMILES string of the molecule is BrCCCCc1ccc(N2CCOCC2)cc1. The number of benzene rings is 1. The van der Waals surface area contributed by atoms with E-state index >= 15 is 0 Å². The number of alkyl halides is 1. The molecule has 3 heteroatoms. The second-order valence-electron chi connectivity index (χ2n) is 4.41. The average Bonchev–Trinajstić information content (AvgIpc) is 2.41. The fourth-order valence-electron chi connectivity index (χ4n) is 2.12. The predicted octanol–water partition coefficient (Wildman–Crippen LogP) is 3.24. The van der Waals surface area contributed by atoms with Crippen molar-refractivity contribution in [3.63, 3.8) is 0 Å². The lowest BCUT2D eigenvalue weighted by molar-refractivity contribution is 0.122. The zero-order valence-corrected chi connectivity index (χ0v) is 11.8. The first-order valence-electron chi connectivity index (χ1n) is 6.38. The molecule has 1 aromatic carbocycles. The Morgan fingerprint density at radius 1 is 1.06 bits per heavy atom. The van der Waals surface area contributed by atoms with E-state index in [9.17, 15) is 0 Å². The fraction of sp³-hybridized carbons (Fsp3) is 0.571. The summed E-state index contributed by atoms with van der Waals surface area (Å²) in [5, 5.41) is 1.11. The fourth-order valence-corrected chi connectivity index (χ4v) is 2.52. The van der Waals surface area contributed by atoms with E-state index in [0.717, 1.165) is 31.6 Å². The molecule has 0 amide bonds. The maximum Gasteiger partial charge on any atom is 0.0642 e. The van der Waals surface area contributed by atoms with Gasteiger partial charge < -0.3 is 9.64 Å². The molecule has 0 atom stereocenters. The molecule has 0 spiro atoms. The van der Waals surface area contributed by atoms with Gasteiger partial charge in [-0.3, -0.25) is 0 Å². The van der Waals surface area contributed by atoms with Crippen molar-refractivity contribution in [1.29, 1.82) is 0 Å². The Balaban J connectivity index is 1.88. The molecule has 2 rings (SSSR count). The summed E-state index contributed by atoms with van der Waals surface area (Å²) in [6.45, 7) is 3.74. The van der Waals surface area contributed by atoms with Crippen molar-refractivity contribution in [1.82, 2.24) is 0 Å². The Hall–Kier alpha value is -0.540. The lowest BCUT2D eigenvalue weighted by Gasteiger charge is -2.28. The van der Waals surface area contributed by atoms with Crippen molar-refractivity contribution < 1.29 is 4.74 Å². The molecule has 1 fully saturated rings. The van der Waals surface area contributed by atoms with Gasteiger partial charge >= 0.3 is 0 Å². The average molecular weight is 298 g/mol. The van der Waals surface area contributed by atoms with Crippen LogP contribution in [0.4, 0.5) is 5.69 Å². The van der Waals surface area contributed by atoms with Crippen LogP contribution >= 0.6 is 15.9 Å². The zero-order chi connectivity index (χ0) is 11.9. The molecule has 94 valence electrons. The molecule has 0 bridgehead atoms. The molecule has 1 aliphatic rings. The van der Waals surface area contributed by atoms with Crippen LogP contribution in [0.3, 0.4) is 0 Å². The van der Waals surface area contributed by atoms with Gasteiger partial charge in [0.2, 0.25) is 0 Å². The molecule has 17 heavy (non-hydrogen) atoms. The number of nitrogens with zero attached hydrogens (tertiary/aromatic N) is 1. The van der Waals surface area contributed by atoms with Gasteiger partial charge in [0.1, 0.15) is 0 Å². The van der Waals surface area contributed by atoms with E-state index in [1.54, 1.807) is 0 Å². The lowest BCUT2D eigenvalue weighted by Crippen LogP contribution is -2.36. The third-order valence-corrected chi connectivity index (χ3v) is 3.72. The van der Waals surface area contributed by atoms with Gasteiger partial charge in [0.05, 0.1) is 13.2 Å². The summed E-state index contributed by atoms with van der Waals surface area (Å²) >= 11 is 3.47. The molecule has 1 aromatic rings. The van der Waals surface area contributed by atoms with E-state index in [0.29, 0.717) is 0 Å². The highest BCUT2D eigenvalue weighted by atomic mass is 79.9. The Kier molecular flexibility index (Phi) is 5.33. The normalized spacial score (nSPS) is 16.2. The highest BCUT2D eigenvalue weighted by molar-refractivity contribution is 9.09. The predicted molar refractivity (Wildman–Crippen MR) is 76.2 cm³/mol. The molecular formula is C14H20BrNO. The Bertz CT molecular complexity index is 319. The number of aryl methyl sites for hydroxylation is 1. The number of halogens is 1. The largest absolute Gasteiger partial charge is 0.378 e. The monoisotopic (exact) mass is 297 g/mol. The number of ether oxygens (including phenoxy) is 1. The van der Waals surface area contributed by atoms with Gasteiger partial charge in [-0.25, -0.2) is 0 Å². The second kappa shape index (κ2) is 7.02. The molecule has 0 radical (unpaired) electrons.